The summed E-state index contributed by atoms with van der Waals surface area (Å²) in [6.07, 6.45) is 4.10. The van der Waals surface area contributed by atoms with E-state index in [1.165, 1.54) is 0 Å². The van der Waals surface area contributed by atoms with E-state index < -0.39 is 0 Å². The third-order valence-corrected chi connectivity index (χ3v) is 4.32. The highest BCUT2D eigenvalue weighted by Gasteiger charge is 2.23. The molecule has 0 spiro atoms. The quantitative estimate of drug-likeness (QED) is 0.871. The fraction of sp³-hybridized carbons (Fsp3) is 0.500. The zero-order valence-electron chi connectivity index (χ0n) is 11.4. The van der Waals surface area contributed by atoms with Crippen LogP contribution in [-0.2, 0) is 0 Å². The lowest BCUT2D eigenvalue weighted by molar-refractivity contribution is 0.0704. The lowest BCUT2D eigenvalue weighted by atomic mass is 10.0. The summed E-state index contributed by atoms with van der Waals surface area (Å²) in [6.45, 7) is 1.71. The van der Waals surface area contributed by atoms with Crippen molar-refractivity contribution in [2.75, 3.05) is 26.4 Å². The van der Waals surface area contributed by atoms with Gasteiger partial charge in [0.25, 0.3) is 5.91 Å². The molecule has 5 heteroatoms. The Bertz CT molecular complexity index is 420. The molecule has 0 bridgehead atoms. The summed E-state index contributed by atoms with van der Waals surface area (Å²) in [5.41, 5.74) is 0.841. The Hall–Kier alpha value is -0.710. The maximum Gasteiger partial charge on any atom is 0.254 e. The van der Waals surface area contributed by atoms with Crippen LogP contribution in [0.25, 0.3) is 0 Å². The molecule has 2 rings (SSSR count). The van der Waals surface area contributed by atoms with E-state index >= 15 is 0 Å². The molecule has 1 aromatic rings. The standard InChI is InChI=1S/C14H20N2OS.ClH/c1-15-11-7-9-16(10-8-11)14(17)12-5-3-4-6-13(12)18-2;/h3-6,11,15H,7-10H2,1-2H3;1H. The number of halogens is 1. The van der Waals surface area contributed by atoms with Crippen LogP contribution in [-0.4, -0.2) is 43.2 Å². The highest BCUT2D eigenvalue weighted by atomic mass is 35.5. The van der Waals surface area contributed by atoms with Crippen LogP contribution in [0.2, 0.25) is 0 Å². The molecule has 3 nitrogen and oxygen atoms in total. The molecule has 1 aliphatic rings. The number of rotatable bonds is 3. The Morgan fingerprint density at radius 2 is 1.95 bits per heavy atom. The average molecular weight is 301 g/mol. The van der Waals surface area contributed by atoms with E-state index in [1.54, 1.807) is 11.8 Å². The summed E-state index contributed by atoms with van der Waals surface area (Å²) >= 11 is 1.63. The van der Waals surface area contributed by atoms with Gasteiger partial charge in [-0.2, -0.15) is 0 Å². The predicted octanol–water partition coefficient (Wildman–Crippen LogP) is 2.65. The molecule has 0 radical (unpaired) electrons. The molecule has 1 amide bonds. The van der Waals surface area contributed by atoms with Crippen LogP contribution in [0.3, 0.4) is 0 Å². The fourth-order valence-electron chi connectivity index (χ4n) is 2.36. The van der Waals surface area contributed by atoms with Crippen molar-refractivity contribution < 1.29 is 4.79 Å². The second-order valence-electron chi connectivity index (χ2n) is 4.56. The van der Waals surface area contributed by atoms with Crippen molar-refractivity contribution in [2.45, 2.75) is 23.8 Å². The minimum absolute atomic E-state index is 0. The van der Waals surface area contributed by atoms with E-state index in [4.69, 9.17) is 0 Å². The van der Waals surface area contributed by atoms with Gasteiger partial charge < -0.3 is 10.2 Å². The van der Waals surface area contributed by atoms with E-state index in [9.17, 15) is 4.79 Å². The maximum absolute atomic E-state index is 12.5. The van der Waals surface area contributed by atoms with Crippen LogP contribution in [0, 0.1) is 0 Å². The van der Waals surface area contributed by atoms with E-state index in [-0.39, 0.29) is 18.3 Å². The number of carbonyl (C=O) groups excluding carboxylic acids is 1. The third-order valence-electron chi connectivity index (χ3n) is 3.53. The predicted molar refractivity (Wildman–Crippen MR) is 83.5 cm³/mol. The van der Waals surface area contributed by atoms with Gasteiger partial charge in [-0.15, -0.1) is 24.2 Å². The van der Waals surface area contributed by atoms with Crippen molar-refractivity contribution in [3.8, 4) is 0 Å². The minimum Gasteiger partial charge on any atom is -0.338 e. The minimum atomic E-state index is 0. The molecular weight excluding hydrogens is 280 g/mol. The Labute approximate surface area is 125 Å². The smallest absolute Gasteiger partial charge is 0.254 e. The molecule has 0 saturated carbocycles. The summed E-state index contributed by atoms with van der Waals surface area (Å²) in [4.78, 5) is 15.5. The number of benzene rings is 1. The first-order chi connectivity index (χ1) is 8.76. The third kappa shape index (κ3) is 3.88. The largest absolute Gasteiger partial charge is 0.338 e. The number of nitrogens with zero attached hydrogens (tertiary/aromatic N) is 1. The van der Waals surface area contributed by atoms with Crippen molar-refractivity contribution in [1.29, 1.82) is 0 Å². The SMILES string of the molecule is CNC1CCN(C(=O)c2ccccc2SC)CC1.Cl. The lowest BCUT2D eigenvalue weighted by Gasteiger charge is -2.32. The molecular formula is C14H21ClN2OS. The van der Waals surface area contributed by atoms with E-state index in [1.807, 2.05) is 42.5 Å². The molecule has 1 aliphatic heterocycles. The van der Waals surface area contributed by atoms with Crippen LogP contribution in [0.4, 0.5) is 0 Å². The molecule has 19 heavy (non-hydrogen) atoms. The Balaban J connectivity index is 0.00000180. The van der Waals surface area contributed by atoms with Gasteiger partial charge in [0.15, 0.2) is 0 Å². The Morgan fingerprint density at radius 1 is 1.32 bits per heavy atom. The van der Waals surface area contributed by atoms with Crippen LogP contribution >= 0.6 is 24.2 Å². The molecule has 1 aromatic carbocycles. The molecule has 1 fully saturated rings. The van der Waals surface area contributed by atoms with Gasteiger partial charge in [-0.3, -0.25) is 4.79 Å². The highest BCUT2D eigenvalue weighted by Crippen LogP contribution is 2.22. The van der Waals surface area contributed by atoms with Gasteiger partial charge >= 0.3 is 0 Å². The number of hydrogen-bond donors (Lipinski definition) is 1. The molecule has 1 heterocycles. The summed E-state index contributed by atoms with van der Waals surface area (Å²) < 4.78 is 0. The zero-order valence-corrected chi connectivity index (χ0v) is 13.0. The number of thioether (sulfide) groups is 1. The first kappa shape index (κ1) is 16.3. The second kappa shape index (κ2) is 7.78. The fourth-order valence-corrected chi connectivity index (χ4v) is 2.95. The maximum atomic E-state index is 12.5. The molecule has 106 valence electrons. The molecule has 0 atom stereocenters. The van der Waals surface area contributed by atoms with Crippen LogP contribution in [0.15, 0.2) is 29.2 Å². The van der Waals surface area contributed by atoms with E-state index in [0.717, 1.165) is 36.4 Å². The van der Waals surface area contributed by atoms with Gasteiger partial charge in [-0.25, -0.2) is 0 Å². The molecule has 0 aromatic heterocycles. The van der Waals surface area contributed by atoms with Gasteiger partial charge in [0, 0.05) is 24.0 Å². The summed E-state index contributed by atoms with van der Waals surface area (Å²) in [5, 5.41) is 3.28. The lowest BCUT2D eigenvalue weighted by Crippen LogP contribution is -2.44. The Kier molecular flexibility index (Phi) is 6.69. The molecule has 0 aliphatic carbocycles. The van der Waals surface area contributed by atoms with Crippen molar-refractivity contribution in [2.24, 2.45) is 0 Å². The number of likely N-dealkylation sites (tertiary alicyclic amines) is 1. The normalized spacial score (nSPS) is 16.0. The highest BCUT2D eigenvalue weighted by molar-refractivity contribution is 7.98. The number of piperidine rings is 1. The monoisotopic (exact) mass is 300 g/mol. The van der Waals surface area contributed by atoms with Crippen LogP contribution in [0.1, 0.15) is 23.2 Å². The van der Waals surface area contributed by atoms with Crippen LogP contribution < -0.4 is 5.32 Å². The zero-order chi connectivity index (χ0) is 13.0. The van der Waals surface area contributed by atoms with Crippen molar-refractivity contribution in [3.63, 3.8) is 0 Å². The number of hydrogen-bond acceptors (Lipinski definition) is 3. The summed E-state index contributed by atoms with van der Waals surface area (Å²) in [5.74, 6) is 0.175. The van der Waals surface area contributed by atoms with Gasteiger partial charge in [0.1, 0.15) is 0 Å². The van der Waals surface area contributed by atoms with E-state index in [2.05, 4.69) is 5.32 Å². The van der Waals surface area contributed by atoms with Gasteiger partial charge in [-0.1, -0.05) is 12.1 Å². The summed E-state index contributed by atoms with van der Waals surface area (Å²) in [6, 6.07) is 8.42. The topological polar surface area (TPSA) is 32.3 Å². The van der Waals surface area contributed by atoms with Gasteiger partial charge in [0.2, 0.25) is 0 Å². The second-order valence-corrected chi connectivity index (χ2v) is 5.40. The van der Waals surface area contributed by atoms with E-state index in [0.29, 0.717) is 6.04 Å². The molecule has 0 unspecified atom stereocenters. The van der Waals surface area contributed by atoms with Crippen molar-refractivity contribution in [1.82, 2.24) is 10.2 Å². The number of nitrogens with one attached hydrogen (secondary N) is 1. The van der Waals surface area contributed by atoms with Gasteiger partial charge in [0.05, 0.1) is 5.56 Å². The Morgan fingerprint density at radius 3 is 2.53 bits per heavy atom. The average Bonchev–Trinajstić information content (AvgIpc) is 2.46. The number of carbonyl (C=O) groups is 1. The van der Waals surface area contributed by atoms with Crippen LogP contribution in [0.5, 0.6) is 0 Å². The molecule has 1 saturated heterocycles. The number of amides is 1. The summed E-state index contributed by atoms with van der Waals surface area (Å²) in [7, 11) is 1.99. The van der Waals surface area contributed by atoms with Crippen molar-refractivity contribution >= 4 is 30.1 Å². The van der Waals surface area contributed by atoms with Gasteiger partial charge in [-0.05, 0) is 38.3 Å². The first-order valence-electron chi connectivity index (χ1n) is 6.36. The molecule has 1 N–H and O–H groups in total. The first-order valence-corrected chi connectivity index (χ1v) is 7.58. The van der Waals surface area contributed by atoms with Crippen molar-refractivity contribution in [3.05, 3.63) is 29.8 Å².